The molecule has 1 aromatic heterocycles. The first-order valence-electron chi connectivity index (χ1n) is 11.9. The normalized spacial score (nSPS) is 16.3. The number of para-hydroxylation sites is 2. The fourth-order valence-electron chi connectivity index (χ4n) is 4.73. The van der Waals surface area contributed by atoms with Crippen LogP contribution in [0.1, 0.15) is 24.2 Å². The number of benzene rings is 3. The Balaban J connectivity index is 1.32. The molecule has 1 aliphatic rings. The molecule has 0 spiro atoms. The summed E-state index contributed by atoms with van der Waals surface area (Å²) in [5.74, 6) is 1.37. The van der Waals surface area contributed by atoms with Crippen LogP contribution in [-0.2, 0) is 17.9 Å². The van der Waals surface area contributed by atoms with Crippen molar-refractivity contribution in [1.82, 2.24) is 14.5 Å². The minimum atomic E-state index is -0.315. The van der Waals surface area contributed by atoms with Gasteiger partial charge in [0.1, 0.15) is 17.4 Å². The van der Waals surface area contributed by atoms with Crippen molar-refractivity contribution >= 4 is 22.6 Å². The van der Waals surface area contributed by atoms with Gasteiger partial charge in [0.15, 0.2) is 0 Å². The van der Waals surface area contributed by atoms with Crippen molar-refractivity contribution < 1.29 is 13.9 Å². The molecule has 1 saturated heterocycles. The van der Waals surface area contributed by atoms with E-state index < -0.39 is 0 Å². The first kappa shape index (κ1) is 23.1. The van der Waals surface area contributed by atoms with Gasteiger partial charge in [-0.15, -0.1) is 0 Å². The summed E-state index contributed by atoms with van der Waals surface area (Å²) in [4.78, 5) is 20.1. The van der Waals surface area contributed by atoms with Crippen molar-refractivity contribution in [2.24, 2.45) is 5.92 Å². The number of likely N-dealkylation sites (tertiary alicyclic amines) is 1. The number of carbonyl (C=O) groups excluding carboxylic acids is 1. The second-order valence-electron chi connectivity index (χ2n) is 9.02. The second-order valence-corrected chi connectivity index (χ2v) is 9.02. The van der Waals surface area contributed by atoms with Crippen LogP contribution < -0.4 is 10.1 Å². The first-order valence-corrected chi connectivity index (χ1v) is 11.9. The van der Waals surface area contributed by atoms with E-state index in [1.807, 2.05) is 30.3 Å². The molecule has 0 radical (unpaired) electrons. The molecular formula is C28H29FN4O2. The van der Waals surface area contributed by atoms with Crippen LogP contribution in [0.3, 0.4) is 0 Å². The van der Waals surface area contributed by atoms with E-state index >= 15 is 0 Å². The lowest BCUT2D eigenvalue weighted by Gasteiger charge is -2.31. The number of halogens is 1. The molecule has 1 amide bonds. The average Bonchev–Trinajstić information content (AvgIpc) is 3.22. The van der Waals surface area contributed by atoms with E-state index in [0.29, 0.717) is 25.3 Å². The predicted octanol–water partition coefficient (Wildman–Crippen LogP) is 5.08. The van der Waals surface area contributed by atoms with Crippen molar-refractivity contribution in [3.8, 4) is 5.75 Å². The van der Waals surface area contributed by atoms with Crippen LogP contribution in [0.4, 0.5) is 10.1 Å². The number of aromatic nitrogens is 2. The smallest absolute Gasteiger partial charge is 0.228 e. The lowest BCUT2D eigenvalue weighted by atomic mass is 9.97. The predicted molar refractivity (Wildman–Crippen MR) is 135 cm³/mol. The van der Waals surface area contributed by atoms with Gasteiger partial charge in [-0.05, 0) is 73.5 Å². The molecule has 2 heterocycles. The number of nitrogens with zero attached hydrogens (tertiary/aromatic N) is 3. The van der Waals surface area contributed by atoms with Crippen molar-refractivity contribution in [2.75, 3.05) is 25.5 Å². The van der Waals surface area contributed by atoms with Crippen LogP contribution in [0.5, 0.6) is 5.75 Å². The largest absolute Gasteiger partial charge is 0.497 e. The number of methoxy groups -OCH3 is 1. The van der Waals surface area contributed by atoms with Gasteiger partial charge in [-0.3, -0.25) is 9.69 Å². The van der Waals surface area contributed by atoms with Gasteiger partial charge in [-0.1, -0.05) is 24.3 Å². The summed E-state index contributed by atoms with van der Waals surface area (Å²) < 4.78 is 20.7. The Bertz CT molecular complexity index is 1300. The average molecular weight is 473 g/mol. The van der Waals surface area contributed by atoms with Crippen molar-refractivity contribution in [3.63, 3.8) is 0 Å². The molecule has 0 saturated carbocycles. The topological polar surface area (TPSA) is 59.4 Å². The Morgan fingerprint density at radius 2 is 1.83 bits per heavy atom. The molecule has 0 aliphatic carbocycles. The van der Waals surface area contributed by atoms with Crippen LogP contribution in [-0.4, -0.2) is 40.6 Å². The molecule has 180 valence electrons. The highest BCUT2D eigenvalue weighted by Crippen LogP contribution is 2.24. The van der Waals surface area contributed by atoms with Gasteiger partial charge < -0.3 is 14.6 Å². The zero-order valence-electron chi connectivity index (χ0n) is 19.8. The summed E-state index contributed by atoms with van der Waals surface area (Å²) in [6.07, 6.45) is 1.78. The van der Waals surface area contributed by atoms with E-state index in [0.717, 1.165) is 42.0 Å². The summed E-state index contributed by atoms with van der Waals surface area (Å²) in [7, 11) is 1.67. The Kier molecular flexibility index (Phi) is 6.77. The number of imidazole rings is 1. The third-order valence-electron chi connectivity index (χ3n) is 6.59. The molecule has 3 aromatic carbocycles. The highest BCUT2D eigenvalue weighted by atomic mass is 19.1. The van der Waals surface area contributed by atoms with E-state index in [1.54, 1.807) is 19.2 Å². The molecule has 7 heteroatoms. The number of amides is 1. The number of carbonyl (C=O) groups is 1. The Morgan fingerprint density at radius 3 is 2.60 bits per heavy atom. The third-order valence-corrected chi connectivity index (χ3v) is 6.59. The van der Waals surface area contributed by atoms with E-state index in [4.69, 9.17) is 9.72 Å². The van der Waals surface area contributed by atoms with Crippen molar-refractivity contribution in [3.05, 3.63) is 90.0 Å². The van der Waals surface area contributed by atoms with Gasteiger partial charge in [0.2, 0.25) is 5.91 Å². The number of anilines is 1. The molecule has 1 fully saturated rings. The molecular weight excluding hydrogens is 443 g/mol. The van der Waals surface area contributed by atoms with Crippen molar-refractivity contribution in [1.29, 1.82) is 0 Å². The van der Waals surface area contributed by atoms with Crippen molar-refractivity contribution in [2.45, 2.75) is 25.9 Å². The summed E-state index contributed by atoms with van der Waals surface area (Å²) >= 11 is 0. The van der Waals surface area contributed by atoms with Crippen LogP contribution in [0.15, 0.2) is 72.8 Å². The number of hydrogen-bond acceptors (Lipinski definition) is 4. The molecule has 1 N–H and O–H groups in total. The summed E-state index contributed by atoms with van der Waals surface area (Å²) in [6.45, 7) is 2.97. The van der Waals surface area contributed by atoms with Crippen LogP contribution in [0.25, 0.3) is 11.0 Å². The molecule has 6 nitrogen and oxygen atoms in total. The SMILES string of the molecule is COc1ccc(Cn2c(CN3CCC[C@H](C(=O)Nc4ccc(F)cc4)C3)nc3ccccc32)cc1. The second kappa shape index (κ2) is 10.3. The zero-order chi connectivity index (χ0) is 24.2. The number of ether oxygens (including phenoxy) is 1. The fourth-order valence-corrected chi connectivity index (χ4v) is 4.73. The standard InChI is InChI=1S/C28H29FN4O2/c1-35-24-14-8-20(9-15-24)17-33-26-7-3-2-6-25(26)31-27(33)19-32-16-4-5-21(18-32)28(34)30-23-12-10-22(29)11-13-23/h2-3,6-15,21H,4-5,16-19H2,1H3,(H,30,34)/t21-/m0/s1. The number of fused-ring (bicyclic) bond motifs is 1. The van der Waals surface area contributed by atoms with Gasteiger partial charge >= 0.3 is 0 Å². The third kappa shape index (κ3) is 5.35. The molecule has 1 aliphatic heterocycles. The minimum Gasteiger partial charge on any atom is -0.497 e. The molecule has 4 aromatic rings. The maximum Gasteiger partial charge on any atom is 0.228 e. The zero-order valence-corrected chi connectivity index (χ0v) is 19.8. The minimum absolute atomic E-state index is 0.0203. The van der Waals surface area contributed by atoms with Crippen LogP contribution in [0, 0.1) is 11.7 Å². The molecule has 5 rings (SSSR count). The van der Waals surface area contributed by atoms with E-state index in [2.05, 4.69) is 33.0 Å². The molecule has 0 bridgehead atoms. The van der Waals surface area contributed by atoms with E-state index in [1.165, 1.54) is 17.7 Å². The monoisotopic (exact) mass is 472 g/mol. The Morgan fingerprint density at radius 1 is 1.06 bits per heavy atom. The molecule has 0 unspecified atom stereocenters. The first-order chi connectivity index (χ1) is 17.1. The number of piperidine rings is 1. The summed E-state index contributed by atoms with van der Waals surface area (Å²) in [5, 5.41) is 2.93. The van der Waals surface area contributed by atoms with E-state index in [9.17, 15) is 9.18 Å². The highest BCUT2D eigenvalue weighted by Gasteiger charge is 2.27. The van der Waals surface area contributed by atoms with Gasteiger partial charge in [0.25, 0.3) is 0 Å². The fraction of sp³-hybridized carbons (Fsp3) is 0.286. The van der Waals surface area contributed by atoms with Gasteiger partial charge in [-0.25, -0.2) is 9.37 Å². The van der Waals surface area contributed by atoms with Gasteiger partial charge in [0, 0.05) is 18.8 Å². The van der Waals surface area contributed by atoms with Crippen LogP contribution >= 0.6 is 0 Å². The lowest BCUT2D eigenvalue weighted by Crippen LogP contribution is -2.40. The van der Waals surface area contributed by atoms with E-state index in [-0.39, 0.29) is 17.6 Å². The summed E-state index contributed by atoms with van der Waals surface area (Å²) in [5.41, 5.74) is 3.86. The van der Waals surface area contributed by atoms with Gasteiger partial charge in [-0.2, -0.15) is 0 Å². The van der Waals surface area contributed by atoms with Gasteiger partial charge in [0.05, 0.1) is 30.6 Å². The molecule has 1 atom stereocenters. The number of nitrogens with one attached hydrogen (secondary N) is 1. The Labute approximate surface area is 204 Å². The number of hydrogen-bond donors (Lipinski definition) is 1. The quantitative estimate of drug-likeness (QED) is 0.407. The number of rotatable bonds is 7. The van der Waals surface area contributed by atoms with Crippen LogP contribution in [0.2, 0.25) is 0 Å². The highest BCUT2D eigenvalue weighted by molar-refractivity contribution is 5.92. The Hall–Kier alpha value is -3.71. The lowest BCUT2D eigenvalue weighted by molar-refractivity contribution is -0.121. The maximum absolute atomic E-state index is 13.2. The molecule has 35 heavy (non-hydrogen) atoms. The maximum atomic E-state index is 13.2. The summed E-state index contributed by atoms with van der Waals surface area (Å²) in [6, 6.07) is 22.2.